The van der Waals surface area contributed by atoms with Crippen LogP contribution in [-0.2, 0) is 6.42 Å². The van der Waals surface area contributed by atoms with E-state index in [1.54, 1.807) is 0 Å². The van der Waals surface area contributed by atoms with Gasteiger partial charge in [0.05, 0.1) is 11.7 Å². The highest BCUT2D eigenvalue weighted by molar-refractivity contribution is 5.40. The first-order valence-corrected chi connectivity index (χ1v) is 6.85. The van der Waals surface area contributed by atoms with Gasteiger partial charge in [-0.1, -0.05) is 27.2 Å². The Morgan fingerprint density at radius 3 is 3.00 bits per heavy atom. The zero-order chi connectivity index (χ0) is 12.0. The Labute approximate surface area is 104 Å². The molecule has 2 aliphatic rings. The second kappa shape index (κ2) is 3.76. The Hall–Kier alpha value is -0.990. The molecule has 17 heavy (non-hydrogen) atoms. The summed E-state index contributed by atoms with van der Waals surface area (Å²) >= 11 is 0. The summed E-state index contributed by atoms with van der Waals surface area (Å²) in [6, 6.07) is 2.92. The van der Waals surface area contributed by atoms with Crippen LogP contribution in [-0.4, -0.2) is 16.3 Å². The lowest BCUT2D eigenvalue weighted by Crippen LogP contribution is -2.29. The van der Waals surface area contributed by atoms with E-state index < -0.39 is 0 Å². The van der Waals surface area contributed by atoms with Crippen LogP contribution in [0.3, 0.4) is 0 Å². The number of fused-ring (bicyclic) bond motifs is 3. The molecule has 1 aliphatic heterocycles. The van der Waals surface area contributed by atoms with Crippen LogP contribution in [0.2, 0.25) is 0 Å². The van der Waals surface area contributed by atoms with E-state index >= 15 is 0 Å². The average Bonchev–Trinajstić information content (AvgIpc) is 2.77. The molecule has 0 bridgehead atoms. The topological polar surface area (TPSA) is 29.9 Å². The van der Waals surface area contributed by atoms with Gasteiger partial charge >= 0.3 is 0 Å². The van der Waals surface area contributed by atoms with Crippen LogP contribution in [0, 0.1) is 11.3 Å². The molecular formula is C14H23N3. The lowest BCUT2D eigenvalue weighted by Gasteiger charge is -2.28. The van der Waals surface area contributed by atoms with Gasteiger partial charge in [-0.05, 0) is 30.6 Å². The van der Waals surface area contributed by atoms with Crippen molar-refractivity contribution in [3.05, 3.63) is 11.8 Å². The first-order valence-electron chi connectivity index (χ1n) is 6.85. The molecule has 1 aromatic rings. The fourth-order valence-electron chi connectivity index (χ4n) is 3.27. The predicted molar refractivity (Wildman–Crippen MR) is 70.3 cm³/mol. The molecule has 94 valence electrons. The van der Waals surface area contributed by atoms with Crippen molar-refractivity contribution >= 4 is 5.82 Å². The fourth-order valence-corrected chi connectivity index (χ4v) is 3.27. The Morgan fingerprint density at radius 1 is 1.41 bits per heavy atom. The molecule has 1 aliphatic carbocycles. The normalized spacial score (nSPS) is 27.5. The van der Waals surface area contributed by atoms with Crippen molar-refractivity contribution < 1.29 is 0 Å². The van der Waals surface area contributed by atoms with Crippen LogP contribution >= 0.6 is 0 Å². The van der Waals surface area contributed by atoms with Crippen molar-refractivity contribution in [1.29, 1.82) is 0 Å². The van der Waals surface area contributed by atoms with Gasteiger partial charge in [-0.3, -0.25) is 0 Å². The summed E-state index contributed by atoms with van der Waals surface area (Å²) in [7, 11) is 0. The summed E-state index contributed by atoms with van der Waals surface area (Å²) in [5.41, 5.74) is 1.56. The number of rotatable bonds is 1. The monoisotopic (exact) mass is 233 g/mol. The standard InChI is InChI=1S/C14H23N3/c1-14(2,3)8-11-7-13-15-9-10-5-4-6-12(10)17(13)16-11/h7,10,12,15H,4-6,8-9H2,1-3H3. The third-order valence-electron chi connectivity index (χ3n) is 3.98. The van der Waals surface area contributed by atoms with Crippen molar-refractivity contribution in [2.24, 2.45) is 11.3 Å². The van der Waals surface area contributed by atoms with E-state index in [2.05, 4.69) is 36.8 Å². The minimum atomic E-state index is 0.319. The van der Waals surface area contributed by atoms with Gasteiger partial charge in [0.1, 0.15) is 5.82 Å². The highest BCUT2D eigenvalue weighted by Gasteiger charge is 2.34. The van der Waals surface area contributed by atoms with Crippen molar-refractivity contribution in [1.82, 2.24) is 9.78 Å². The minimum Gasteiger partial charge on any atom is -0.370 e. The quantitative estimate of drug-likeness (QED) is 0.807. The highest BCUT2D eigenvalue weighted by atomic mass is 15.4. The van der Waals surface area contributed by atoms with Crippen LogP contribution in [0.25, 0.3) is 0 Å². The van der Waals surface area contributed by atoms with Crippen LogP contribution in [0.4, 0.5) is 5.82 Å². The summed E-state index contributed by atoms with van der Waals surface area (Å²) < 4.78 is 2.27. The zero-order valence-corrected chi connectivity index (χ0v) is 11.2. The van der Waals surface area contributed by atoms with Gasteiger partial charge in [-0.2, -0.15) is 5.10 Å². The molecule has 1 saturated carbocycles. The van der Waals surface area contributed by atoms with E-state index in [0.29, 0.717) is 11.5 Å². The van der Waals surface area contributed by atoms with E-state index in [9.17, 15) is 0 Å². The smallest absolute Gasteiger partial charge is 0.124 e. The molecular weight excluding hydrogens is 210 g/mol. The number of hydrogen-bond donors (Lipinski definition) is 1. The molecule has 2 unspecified atom stereocenters. The summed E-state index contributed by atoms with van der Waals surface area (Å²) in [5.74, 6) is 2.05. The van der Waals surface area contributed by atoms with Gasteiger partial charge in [0.25, 0.3) is 0 Å². The van der Waals surface area contributed by atoms with Crippen LogP contribution in [0.15, 0.2) is 6.07 Å². The number of hydrogen-bond acceptors (Lipinski definition) is 2. The molecule has 0 radical (unpaired) electrons. The molecule has 3 rings (SSSR count). The first-order chi connectivity index (χ1) is 8.03. The molecule has 2 heterocycles. The summed E-state index contributed by atoms with van der Waals surface area (Å²) in [5, 5.41) is 8.37. The second-order valence-corrected chi connectivity index (χ2v) is 6.84. The minimum absolute atomic E-state index is 0.319. The van der Waals surface area contributed by atoms with E-state index in [1.807, 2.05) is 0 Å². The molecule has 3 nitrogen and oxygen atoms in total. The van der Waals surface area contributed by atoms with Gasteiger partial charge in [0, 0.05) is 12.6 Å². The zero-order valence-electron chi connectivity index (χ0n) is 11.2. The van der Waals surface area contributed by atoms with E-state index in [0.717, 1.165) is 18.9 Å². The van der Waals surface area contributed by atoms with E-state index in [-0.39, 0.29) is 0 Å². The second-order valence-electron chi connectivity index (χ2n) is 6.84. The Kier molecular flexibility index (Phi) is 2.46. The Morgan fingerprint density at radius 2 is 2.24 bits per heavy atom. The number of aromatic nitrogens is 2. The molecule has 0 saturated heterocycles. The highest BCUT2D eigenvalue weighted by Crippen LogP contribution is 2.40. The molecule has 3 heteroatoms. The van der Waals surface area contributed by atoms with Gasteiger partial charge in [-0.15, -0.1) is 0 Å². The Bertz CT molecular complexity index is 414. The Balaban J connectivity index is 1.87. The van der Waals surface area contributed by atoms with Gasteiger partial charge in [0.2, 0.25) is 0 Å². The molecule has 1 N–H and O–H groups in total. The number of nitrogens with zero attached hydrogens (tertiary/aromatic N) is 2. The largest absolute Gasteiger partial charge is 0.370 e. The van der Waals surface area contributed by atoms with Crippen LogP contribution in [0.1, 0.15) is 51.8 Å². The third-order valence-corrected chi connectivity index (χ3v) is 3.98. The van der Waals surface area contributed by atoms with Gasteiger partial charge in [0.15, 0.2) is 0 Å². The molecule has 0 spiro atoms. The fraction of sp³-hybridized carbons (Fsp3) is 0.786. The van der Waals surface area contributed by atoms with Gasteiger partial charge in [-0.25, -0.2) is 4.68 Å². The molecule has 0 amide bonds. The molecule has 2 atom stereocenters. The lowest BCUT2D eigenvalue weighted by molar-refractivity contribution is 0.341. The predicted octanol–water partition coefficient (Wildman–Crippen LogP) is 3.24. The van der Waals surface area contributed by atoms with E-state index in [1.165, 1.54) is 30.8 Å². The maximum atomic E-state index is 4.83. The first kappa shape index (κ1) is 11.1. The maximum Gasteiger partial charge on any atom is 0.124 e. The molecule has 1 fully saturated rings. The van der Waals surface area contributed by atoms with Crippen molar-refractivity contribution in [3.63, 3.8) is 0 Å². The van der Waals surface area contributed by atoms with E-state index in [4.69, 9.17) is 5.10 Å². The third kappa shape index (κ3) is 2.07. The maximum absolute atomic E-state index is 4.83. The van der Waals surface area contributed by atoms with Gasteiger partial charge < -0.3 is 5.32 Å². The lowest BCUT2D eigenvalue weighted by atomic mass is 9.91. The summed E-state index contributed by atoms with van der Waals surface area (Å²) in [6.07, 6.45) is 5.11. The number of nitrogens with one attached hydrogen (secondary N) is 1. The van der Waals surface area contributed by atoms with Crippen LogP contribution in [0.5, 0.6) is 0 Å². The van der Waals surface area contributed by atoms with Crippen molar-refractivity contribution in [2.75, 3.05) is 11.9 Å². The SMILES string of the molecule is CC(C)(C)Cc1cc2n(n1)C1CCCC1CN2. The number of anilines is 1. The van der Waals surface area contributed by atoms with Crippen molar-refractivity contribution in [2.45, 2.75) is 52.5 Å². The summed E-state index contributed by atoms with van der Waals surface area (Å²) in [6.45, 7) is 7.97. The summed E-state index contributed by atoms with van der Waals surface area (Å²) in [4.78, 5) is 0. The molecule has 0 aromatic carbocycles. The van der Waals surface area contributed by atoms with Crippen LogP contribution < -0.4 is 5.32 Å². The molecule has 1 aromatic heterocycles. The van der Waals surface area contributed by atoms with Crippen molar-refractivity contribution in [3.8, 4) is 0 Å². The average molecular weight is 233 g/mol.